The normalized spacial score (nSPS) is 11.0. The summed E-state index contributed by atoms with van der Waals surface area (Å²) in [6, 6.07) is 6.71. The zero-order valence-corrected chi connectivity index (χ0v) is 19.3. The van der Waals surface area contributed by atoms with Gasteiger partial charge < -0.3 is 10.1 Å². The lowest BCUT2D eigenvalue weighted by Gasteiger charge is -2.17. The molecule has 2 aromatic carbocycles. The Morgan fingerprint density at radius 2 is 1.48 bits per heavy atom. The van der Waals surface area contributed by atoms with Crippen molar-refractivity contribution in [3.8, 4) is 5.75 Å². The molecular formula is C18H12F5NO2S5. The van der Waals surface area contributed by atoms with Crippen molar-refractivity contribution in [2.75, 3.05) is 11.9 Å². The van der Waals surface area contributed by atoms with Crippen LogP contribution < -0.4 is 10.1 Å². The van der Waals surface area contributed by atoms with Crippen molar-refractivity contribution < 1.29 is 29.0 Å². The highest BCUT2D eigenvalue weighted by Crippen LogP contribution is 2.54. The highest BCUT2D eigenvalue weighted by molar-refractivity contribution is 8.00. The first-order chi connectivity index (χ1) is 15.0. The second kappa shape index (κ2) is 13.2. The number of halogens is 5. The Morgan fingerprint density at radius 3 is 2.00 bits per heavy atom. The third-order valence-corrected chi connectivity index (χ3v) is 6.90. The zero-order chi connectivity index (χ0) is 22.8. The summed E-state index contributed by atoms with van der Waals surface area (Å²) < 4.78 is 72.4. The van der Waals surface area contributed by atoms with E-state index in [2.05, 4.69) is 11.9 Å². The van der Waals surface area contributed by atoms with Gasteiger partial charge in [-0.3, -0.25) is 4.79 Å². The maximum atomic E-state index is 13.5. The highest BCUT2D eigenvalue weighted by Gasteiger charge is 2.28. The largest absolute Gasteiger partial charge is 0.490 e. The molecule has 1 N–H and O–H groups in total. The Bertz CT molecular complexity index is 944. The van der Waals surface area contributed by atoms with Gasteiger partial charge in [0.25, 0.3) is 0 Å². The molecule has 0 unspecified atom stereocenters. The first kappa shape index (κ1) is 25.8. The molecule has 2 rings (SSSR count). The average Bonchev–Trinajstić information content (AvgIpc) is 2.80. The van der Waals surface area contributed by atoms with Crippen LogP contribution in [0.2, 0.25) is 0 Å². The Morgan fingerprint density at radius 1 is 0.935 bits per heavy atom. The number of hydrogen-bond acceptors (Lipinski definition) is 7. The van der Waals surface area contributed by atoms with Crippen molar-refractivity contribution in [1.29, 1.82) is 0 Å². The predicted molar refractivity (Wildman–Crippen MR) is 121 cm³/mol. The Labute approximate surface area is 197 Å². The molecule has 1 amide bonds. The van der Waals surface area contributed by atoms with Gasteiger partial charge in [0.15, 0.2) is 0 Å². The first-order valence-electron chi connectivity index (χ1n) is 8.04. The molecule has 0 spiro atoms. The van der Waals surface area contributed by atoms with Crippen LogP contribution in [0.5, 0.6) is 5.75 Å². The van der Waals surface area contributed by atoms with E-state index in [-0.39, 0.29) is 6.61 Å². The number of rotatable bonds is 11. The van der Waals surface area contributed by atoms with Crippen LogP contribution in [-0.4, -0.2) is 12.5 Å². The molecule has 0 atom stereocenters. The maximum absolute atomic E-state index is 13.5. The molecule has 0 aliphatic rings. The predicted octanol–water partition coefficient (Wildman–Crippen LogP) is 8.79. The molecule has 0 bridgehead atoms. The van der Waals surface area contributed by atoms with Crippen molar-refractivity contribution >= 4 is 78.4 Å². The van der Waals surface area contributed by atoms with Crippen LogP contribution in [0.1, 0.15) is 5.56 Å². The molecule has 0 aliphatic heterocycles. The zero-order valence-electron chi connectivity index (χ0n) is 15.2. The van der Waals surface area contributed by atoms with E-state index < -0.39 is 96.8 Å². The number of carbonyl (C=O) groups is 1. The minimum atomic E-state index is -0.826. The monoisotopic (exact) mass is 529 g/mol. The summed E-state index contributed by atoms with van der Waals surface area (Å²) in [7, 11) is 0. The fourth-order valence-corrected chi connectivity index (χ4v) is 5.16. The maximum Gasteiger partial charge on any atom is 0.248 e. The number of amides is 1. The molecule has 31 heavy (non-hydrogen) atoms. The molecule has 3 nitrogen and oxygen atoms in total. The number of hydrogen-bond donors (Lipinski definition) is 1. The van der Waals surface area contributed by atoms with Gasteiger partial charge in [-0.15, -0.1) is 0 Å². The molecule has 0 saturated heterocycles. The smallest absolute Gasteiger partial charge is 0.248 e. The van der Waals surface area contributed by atoms with Gasteiger partial charge in [0.2, 0.25) is 5.91 Å². The Kier molecular flexibility index (Phi) is 11.0. The van der Waals surface area contributed by atoms with Gasteiger partial charge in [0, 0.05) is 6.08 Å². The third kappa shape index (κ3) is 6.54. The number of anilines is 1. The summed E-state index contributed by atoms with van der Waals surface area (Å²) >= 11 is -2.69. The molecule has 0 aromatic heterocycles. The fraction of sp³-hybridized carbons (Fsp3) is 0.0556. The van der Waals surface area contributed by atoms with Gasteiger partial charge in [-0.2, -0.15) is 19.4 Å². The van der Waals surface area contributed by atoms with Crippen molar-refractivity contribution in [3.05, 3.63) is 48.6 Å². The van der Waals surface area contributed by atoms with E-state index in [4.69, 9.17) is 4.74 Å². The van der Waals surface area contributed by atoms with E-state index >= 15 is 0 Å². The second-order valence-corrected chi connectivity index (χ2v) is 8.21. The van der Waals surface area contributed by atoms with E-state index in [1.54, 1.807) is 30.3 Å². The van der Waals surface area contributed by atoms with Crippen LogP contribution in [-0.2, 0) is 4.79 Å². The summed E-state index contributed by atoms with van der Waals surface area (Å²) in [4.78, 5) is 9.36. The summed E-state index contributed by atoms with van der Waals surface area (Å²) in [6.07, 6.45) is 4.04. The van der Waals surface area contributed by atoms with Crippen LogP contribution in [0.15, 0.2) is 67.5 Å². The molecule has 0 saturated carbocycles. The van der Waals surface area contributed by atoms with E-state index in [1.165, 1.54) is 6.08 Å². The summed E-state index contributed by atoms with van der Waals surface area (Å²) in [5, 5.41) is 2.22. The third-order valence-electron chi connectivity index (χ3n) is 3.57. The van der Waals surface area contributed by atoms with E-state index in [9.17, 15) is 24.2 Å². The van der Waals surface area contributed by atoms with Crippen molar-refractivity contribution in [2.24, 2.45) is 0 Å². The summed E-state index contributed by atoms with van der Waals surface area (Å²) in [5.74, 6) is -0.295. The molecule has 0 radical (unpaired) electrons. The van der Waals surface area contributed by atoms with E-state index in [0.717, 1.165) is 6.08 Å². The van der Waals surface area contributed by atoms with E-state index in [1.807, 2.05) is 0 Å². The molecular weight excluding hydrogens is 518 g/mol. The Balaban J connectivity index is 2.38. The van der Waals surface area contributed by atoms with Gasteiger partial charge >= 0.3 is 0 Å². The second-order valence-electron chi connectivity index (χ2n) is 5.40. The highest BCUT2D eigenvalue weighted by atomic mass is 32.2. The van der Waals surface area contributed by atoms with Gasteiger partial charge in [-0.05, 0) is 23.8 Å². The van der Waals surface area contributed by atoms with Crippen molar-refractivity contribution in [2.45, 2.75) is 24.5 Å². The number of benzene rings is 2. The number of nitrogens with one attached hydrogen (secondary N) is 1. The molecule has 2 aromatic rings. The molecule has 13 heteroatoms. The molecule has 0 fully saturated rings. The summed E-state index contributed by atoms with van der Waals surface area (Å²) in [5.41, 5.74) is 0.0805. The van der Waals surface area contributed by atoms with Crippen molar-refractivity contribution in [3.63, 3.8) is 0 Å². The lowest BCUT2D eigenvalue weighted by molar-refractivity contribution is -0.111. The van der Waals surface area contributed by atoms with Gasteiger partial charge in [-0.1, -0.05) is 24.8 Å². The average molecular weight is 530 g/mol. The van der Waals surface area contributed by atoms with Gasteiger partial charge in [0.05, 0.1) is 90.9 Å². The molecule has 0 heterocycles. The number of carbonyl (C=O) groups excluding carboxylic acids is 1. The standard InChI is InChI=1S/C18H12F5NO2S5/c1-2-8-26-11-5-3-4-10(9-11)6-7-12(25)24-13-14(27-19)16(29-21)18(31-23)17(30-22)15(13)28-20/h2-7,9H,1,8H2,(H,24,25). The number of ether oxygens (including phenoxy) is 1. The fourth-order valence-electron chi connectivity index (χ4n) is 2.31. The topological polar surface area (TPSA) is 38.3 Å². The minimum Gasteiger partial charge on any atom is -0.490 e. The molecule has 0 aliphatic carbocycles. The van der Waals surface area contributed by atoms with Crippen LogP contribution in [0, 0.1) is 0 Å². The minimum absolute atomic E-state index is 0.290. The van der Waals surface area contributed by atoms with Crippen LogP contribution >= 0.6 is 60.7 Å². The Hall–Kier alpha value is -1.41. The van der Waals surface area contributed by atoms with Crippen LogP contribution in [0.3, 0.4) is 0 Å². The lowest BCUT2D eigenvalue weighted by Crippen LogP contribution is -2.11. The van der Waals surface area contributed by atoms with Crippen LogP contribution in [0.4, 0.5) is 25.1 Å². The summed E-state index contributed by atoms with van der Waals surface area (Å²) in [6.45, 7) is 3.83. The SMILES string of the molecule is C=CCOc1cccc(C=CC(=O)Nc2c(SF)c(SF)c(SF)c(SF)c2SF)c1. The van der Waals surface area contributed by atoms with Gasteiger partial charge in [-0.25, -0.2) is 0 Å². The van der Waals surface area contributed by atoms with Crippen LogP contribution in [0.25, 0.3) is 6.08 Å². The molecule has 166 valence electrons. The first-order valence-corrected chi connectivity index (χ1v) is 11.6. The van der Waals surface area contributed by atoms with Gasteiger partial charge in [0.1, 0.15) is 12.4 Å². The van der Waals surface area contributed by atoms with E-state index in [0.29, 0.717) is 11.3 Å². The quantitative estimate of drug-likeness (QED) is 0.177. The lowest BCUT2D eigenvalue weighted by atomic mass is 10.2. The van der Waals surface area contributed by atoms with Crippen molar-refractivity contribution in [1.82, 2.24) is 0 Å².